The fourth-order valence-corrected chi connectivity index (χ4v) is 1.28. The minimum absolute atomic E-state index is 0.149. The molecule has 1 heterocycles. The molecule has 5 nitrogen and oxygen atoms in total. The van der Waals surface area contributed by atoms with Crippen LogP contribution in [0.1, 0.15) is 12.8 Å². The molecule has 1 aliphatic heterocycles. The first kappa shape index (κ1) is 10.1. The second kappa shape index (κ2) is 4.34. The van der Waals surface area contributed by atoms with Crippen LogP contribution in [0.2, 0.25) is 0 Å². The van der Waals surface area contributed by atoms with Crippen molar-refractivity contribution < 1.29 is 14.3 Å². The van der Waals surface area contributed by atoms with Gasteiger partial charge < -0.3 is 10.5 Å². The number of methoxy groups -OCH3 is 1. The molecular weight excluding hydrogens is 172 g/mol. The van der Waals surface area contributed by atoms with Crippen molar-refractivity contribution in [1.82, 2.24) is 4.90 Å². The number of carbonyl (C=O) groups excluding carboxylic acids is 2. The van der Waals surface area contributed by atoms with Gasteiger partial charge in [0.1, 0.15) is 0 Å². The minimum Gasteiger partial charge on any atom is -0.383 e. The second-order valence-corrected chi connectivity index (χ2v) is 3.02. The van der Waals surface area contributed by atoms with Crippen molar-refractivity contribution in [3.63, 3.8) is 0 Å². The average molecular weight is 186 g/mol. The van der Waals surface area contributed by atoms with Crippen LogP contribution in [0, 0.1) is 0 Å². The zero-order valence-electron chi connectivity index (χ0n) is 7.66. The van der Waals surface area contributed by atoms with Crippen LogP contribution >= 0.6 is 0 Å². The zero-order valence-corrected chi connectivity index (χ0v) is 7.66. The third-order valence-electron chi connectivity index (χ3n) is 2.07. The Bertz CT molecular complexity index is 217. The van der Waals surface area contributed by atoms with E-state index in [4.69, 9.17) is 10.5 Å². The maximum absolute atomic E-state index is 11.4. The number of nitrogens with two attached hydrogens (primary N) is 1. The fraction of sp³-hybridized carbons (Fsp3) is 0.750. The lowest BCUT2D eigenvalue weighted by Crippen LogP contribution is -2.52. The van der Waals surface area contributed by atoms with Crippen LogP contribution < -0.4 is 5.73 Å². The highest BCUT2D eigenvalue weighted by atomic mass is 16.5. The van der Waals surface area contributed by atoms with Crippen LogP contribution in [0.3, 0.4) is 0 Å². The summed E-state index contributed by atoms with van der Waals surface area (Å²) in [5, 5.41) is 0. The van der Waals surface area contributed by atoms with E-state index in [0.29, 0.717) is 26.0 Å². The summed E-state index contributed by atoms with van der Waals surface area (Å²) >= 11 is 0. The Morgan fingerprint density at radius 2 is 2.31 bits per heavy atom. The van der Waals surface area contributed by atoms with Crippen LogP contribution in [-0.2, 0) is 14.3 Å². The number of imide groups is 1. The molecule has 2 amide bonds. The van der Waals surface area contributed by atoms with Gasteiger partial charge in [-0.3, -0.25) is 14.5 Å². The van der Waals surface area contributed by atoms with Crippen LogP contribution in [0.15, 0.2) is 0 Å². The normalized spacial score (nSPS) is 23.8. The highest BCUT2D eigenvalue weighted by Gasteiger charge is 2.31. The number of ether oxygens (including phenoxy) is 1. The smallest absolute Gasteiger partial charge is 0.246 e. The van der Waals surface area contributed by atoms with E-state index in [1.54, 1.807) is 0 Å². The molecule has 1 unspecified atom stereocenters. The summed E-state index contributed by atoms with van der Waals surface area (Å²) in [6.45, 7) is 0.673. The molecule has 0 spiro atoms. The van der Waals surface area contributed by atoms with Gasteiger partial charge in [-0.05, 0) is 6.42 Å². The van der Waals surface area contributed by atoms with Crippen molar-refractivity contribution in [2.24, 2.45) is 5.73 Å². The standard InChI is InChI=1S/C8H14N2O3/c1-13-5-4-10-7(11)3-2-6(9)8(10)12/h6H,2-5,9H2,1H3. The fourth-order valence-electron chi connectivity index (χ4n) is 1.28. The third kappa shape index (κ3) is 2.26. The summed E-state index contributed by atoms with van der Waals surface area (Å²) in [7, 11) is 1.53. The van der Waals surface area contributed by atoms with E-state index in [9.17, 15) is 9.59 Å². The molecule has 0 aromatic heterocycles. The number of amides is 2. The molecule has 0 radical (unpaired) electrons. The first-order valence-corrected chi connectivity index (χ1v) is 4.25. The molecule has 74 valence electrons. The summed E-state index contributed by atoms with van der Waals surface area (Å²) in [5.74, 6) is -0.433. The molecule has 5 heteroatoms. The van der Waals surface area contributed by atoms with Crippen molar-refractivity contribution in [3.8, 4) is 0 Å². The number of piperidine rings is 1. The van der Waals surface area contributed by atoms with Crippen molar-refractivity contribution in [2.75, 3.05) is 20.3 Å². The van der Waals surface area contributed by atoms with Gasteiger partial charge in [0, 0.05) is 13.5 Å². The Morgan fingerprint density at radius 1 is 1.62 bits per heavy atom. The van der Waals surface area contributed by atoms with E-state index in [1.807, 2.05) is 0 Å². The van der Waals surface area contributed by atoms with Crippen LogP contribution in [0.5, 0.6) is 0 Å². The molecule has 1 fully saturated rings. The van der Waals surface area contributed by atoms with Gasteiger partial charge >= 0.3 is 0 Å². The van der Waals surface area contributed by atoms with Crippen molar-refractivity contribution in [1.29, 1.82) is 0 Å². The Hall–Kier alpha value is -0.940. The summed E-state index contributed by atoms with van der Waals surface area (Å²) in [6, 6.07) is -0.519. The lowest BCUT2D eigenvalue weighted by Gasteiger charge is -2.28. The molecule has 0 saturated carbocycles. The third-order valence-corrected chi connectivity index (χ3v) is 2.07. The van der Waals surface area contributed by atoms with E-state index in [1.165, 1.54) is 12.0 Å². The largest absolute Gasteiger partial charge is 0.383 e. The number of hydrogen-bond donors (Lipinski definition) is 1. The molecule has 1 aliphatic rings. The molecule has 0 aromatic carbocycles. The zero-order chi connectivity index (χ0) is 9.84. The van der Waals surface area contributed by atoms with Gasteiger partial charge in [0.25, 0.3) is 0 Å². The molecule has 13 heavy (non-hydrogen) atoms. The molecule has 0 aromatic rings. The Kier molecular flexibility index (Phi) is 3.39. The first-order valence-electron chi connectivity index (χ1n) is 4.25. The van der Waals surface area contributed by atoms with Crippen molar-refractivity contribution >= 4 is 11.8 Å². The quantitative estimate of drug-likeness (QED) is 0.580. The van der Waals surface area contributed by atoms with Gasteiger partial charge in [-0.1, -0.05) is 0 Å². The lowest BCUT2D eigenvalue weighted by molar-refractivity contribution is -0.149. The van der Waals surface area contributed by atoms with Crippen LogP contribution in [0.4, 0.5) is 0 Å². The van der Waals surface area contributed by atoms with E-state index in [0.717, 1.165) is 0 Å². The molecular formula is C8H14N2O3. The Balaban J connectivity index is 2.56. The Morgan fingerprint density at radius 3 is 2.92 bits per heavy atom. The van der Waals surface area contributed by atoms with Crippen LogP contribution in [0.25, 0.3) is 0 Å². The van der Waals surface area contributed by atoms with E-state index in [-0.39, 0.29) is 11.8 Å². The van der Waals surface area contributed by atoms with E-state index in [2.05, 4.69) is 0 Å². The van der Waals surface area contributed by atoms with E-state index < -0.39 is 6.04 Å². The lowest BCUT2D eigenvalue weighted by atomic mass is 10.1. The summed E-state index contributed by atoms with van der Waals surface area (Å²) in [5.41, 5.74) is 5.52. The topological polar surface area (TPSA) is 72.6 Å². The maximum atomic E-state index is 11.4. The minimum atomic E-state index is -0.519. The first-order chi connectivity index (χ1) is 6.16. The number of hydrogen-bond acceptors (Lipinski definition) is 4. The van der Waals surface area contributed by atoms with Gasteiger partial charge in [0.15, 0.2) is 0 Å². The summed E-state index contributed by atoms with van der Waals surface area (Å²) in [6.07, 6.45) is 0.817. The van der Waals surface area contributed by atoms with Gasteiger partial charge in [-0.15, -0.1) is 0 Å². The number of nitrogens with zero attached hydrogens (tertiary/aromatic N) is 1. The Labute approximate surface area is 76.8 Å². The predicted molar refractivity (Wildman–Crippen MR) is 45.8 cm³/mol. The summed E-state index contributed by atoms with van der Waals surface area (Å²) in [4.78, 5) is 23.8. The second-order valence-electron chi connectivity index (χ2n) is 3.02. The molecule has 0 aliphatic carbocycles. The molecule has 1 saturated heterocycles. The monoisotopic (exact) mass is 186 g/mol. The predicted octanol–water partition coefficient (Wildman–Crippen LogP) is -0.891. The van der Waals surface area contributed by atoms with Gasteiger partial charge in [0.05, 0.1) is 19.2 Å². The number of rotatable bonds is 3. The molecule has 1 atom stereocenters. The SMILES string of the molecule is COCCN1C(=O)CCC(N)C1=O. The van der Waals surface area contributed by atoms with Crippen LogP contribution in [-0.4, -0.2) is 43.0 Å². The maximum Gasteiger partial charge on any atom is 0.246 e. The average Bonchev–Trinajstić information content (AvgIpc) is 2.12. The number of likely N-dealkylation sites (tertiary alicyclic amines) is 1. The van der Waals surface area contributed by atoms with Gasteiger partial charge in [-0.25, -0.2) is 0 Å². The molecule has 0 bridgehead atoms. The van der Waals surface area contributed by atoms with E-state index >= 15 is 0 Å². The van der Waals surface area contributed by atoms with Crippen molar-refractivity contribution in [3.05, 3.63) is 0 Å². The highest BCUT2D eigenvalue weighted by Crippen LogP contribution is 2.10. The van der Waals surface area contributed by atoms with Gasteiger partial charge in [0.2, 0.25) is 11.8 Å². The number of carbonyl (C=O) groups is 2. The van der Waals surface area contributed by atoms with Gasteiger partial charge in [-0.2, -0.15) is 0 Å². The molecule has 1 rings (SSSR count). The highest BCUT2D eigenvalue weighted by molar-refractivity contribution is 6.00. The van der Waals surface area contributed by atoms with Crippen molar-refractivity contribution in [2.45, 2.75) is 18.9 Å². The molecule has 2 N–H and O–H groups in total. The summed E-state index contributed by atoms with van der Waals surface area (Å²) < 4.78 is 4.79.